The summed E-state index contributed by atoms with van der Waals surface area (Å²) < 4.78 is 27.6. The van der Waals surface area contributed by atoms with Crippen LogP contribution in [0.25, 0.3) is 0 Å². The number of anilines is 1. The Balaban J connectivity index is 1.90. The SMILES string of the molecule is O=C(CN(Cc1ccc(Cl)cc1Cl)S(=O)(=O)c1ccc(Cl)cc1)Nc1ccc(Cl)cc1. The van der Waals surface area contributed by atoms with Gasteiger partial charge in [-0.1, -0.05) is 52.5 Å². The average molecular weight is 518 g/mol. The van der Waals surface area contributed by atoms with E-state index in [1.165, 1.54) is 30.3 Å². The van der Waals surface area contributed by atoms with Crippen molar-refractivity contribution in [1.29, 1.82) is 0 Å². The highest BCUT2D eigenvalue weighted by Crippen LogP contribution is 2.26. The molecule has 162 valence electrons. The first-order valence-corrected chi connectivity index (χ1v) is 11.9. The highest BCUT2D eigenvalue weighted by Gasteiger charge is 2.27. The van der Waals surface area contributed by atoms with Gasteiger partial charge in [-0.05, 0) is 66.2 Å². The van der Waals surface area contributed by atoms with Crippen LogP contribution in [0.4, 0.5) is 5.69 Å². The Hall–Kier alpha value is -1.80. The van der Waals surface area contributed by atoms with Gasteiger partial charge in [0.1, 0.15) is 0 Å². The normalized spacial score (nSPS) is 11.5. The number of hydrogen-bond acceptors (Lipinski definition) is 3. The molecule has 0 saturated carbocycles. The van der Waals surface area contributed by atoms with Gasteiger partial charge < -0.3 is 5.32 Å². The van der Waals surface area contributed by atoms with Crippen LogP contribution in [-0.2, 0) is 21.4 Å². The summed E-state index contributed by atoms with van der Waals surface area (Å²) in [6, 6.07) is 16.9. The molecular formula is C21H16Cl4N2O3S. The van der Waals surface area contributed by atoms with E-state index in [0.717, 1.165) is 4.31 Å². The average Bonchev–Trinajstić information content (AvgIpc) is 2.71. The molecular weight excluding hydrogens is 502 g/mol. The third kappa shape index (κ3) is 6.35. The Morgan fingerprint density at radius 3 is 1.94 bits per heavy atom. The molecule has 10 heteroatoms. The molecule has 0 aliphatic carbocycles. The third-order valence-electron chi connectivity index (χ3n) is 4.26. The van der Waals surface area contributed by atoms with Gasteiger partial charge in [0.2, 0.25) is 15.9 Å². The van der Waals surface area contributed by atoms with Crippen molar-refractivity contribution in [3.8, 4) is 0 Å². The number of hydrogen-bond donors (Lipinski definition) is 1. The summed E-state index contributed by atoms with van der Waals surface area (Å²) in [6.45, 7) is -0.568. The van der Waals surface area contributed by atoms with Gasteiger partial charge >= 0.3 is 0 Å². The maximum atomic E-state index is 13.3. The molecule has 0 radical (unpaired) electrons. The number of benzene rings is 3. The zero-order valence-electron chi connectivity index (χ0n) is 15.9. The molecule has 3 rings (SSSR count). The Morgan fingerprint density at radius 2 is 1.35 bits per heavy atom. The lowest BCUT2D eigenvalue weighted by Gasteiger charge is -2.22. The number of halogens is 4. The Morgan fingerprint density at radius 1 is 0.806 bits per heavy atom. The molecule has 0 aliphatic heterocycles. The smallest absolute Gasteiger partial charge is 0.243 e. The summed E-state index contributed by atoms with van der Waals surface area (Å²) in [4.78, 5) is 12.6. The van der Waals surface area contributed by atoms with Crippen molar-refractivity contribution < 1.29 is 13.2 Å². The summed E-state index contributed by atoms with van der Waals surface area (Å²) in [5, 5.41) is 4.29. The molecule has 3 aromatic rings. The fourth-order valence-corrected chi connectivity index (χ4v) is 4.81. The highest BCUT2D eigenvalue weighted by atomic mass is 35.5. The van der Waals surface area contributed by atoms with Gasteiger partial charge in [-0.2, -0.15) is 4.31 Å². The number of carbonyl (C=O) groups excluding carboxylic acids is 1. The Bertz CT molecular complexity index is 1180. The second kappa shape index (κ2) is 10.2. The molecule has 5 nitrogen and oxygen atoms in total. The molecule has 0 fully saturated rings. The number of sulfonamides is 1. The Kier molecular flexibility index (Phi) is 7.86. The van der Waals surface area contributed by atoms with Crippen LogP contribution in [0.1, 0.15) is 5.56 Å². The van der Waals surface area contributed by atoms with Crippen molar-refractivity contribution in [2.24, 2.45) is 0 Å². The molecule has 3 aromatic carbocycles. The van der Waals surface area contributed by atoms with E-state index in [1.54, 1.807) is 36.4 Å². The van der Waals surface area contributed by atoms with Crippen LogP contribution in [-0.4, -0.2) is 25.2 Å². The van der Waals surface area contributed by atoms with Crippen LogP contribution >= 0.6 is 46.4 Å². The van der Waals surface area contributed by atoms with Crippen LogP contribution in [0.2, 0.25) is 20.1 Å². The molecule has 0 unspecified atom stereocenters. The number of nitrogens with zero attached hydrogens (tertiary/aromatic N) is 1. The summed E-state index contributed by atoms with van der Waals surface area (Å²) in [7, 11) is -4.04. The molecule has 31 heavy (non-hydrogen) atoms. The molecule has 1 amide bonds. The first-order chi connectivity index (χ1) is 14.6. The predicted molar refractivity (Wildman–Crippen MR) is 126 cm³/mol. The maximum absolute atomic E-state index is 13.3. The minimum absolute atomic E-state index is 0.00118. The van der Waals surface area contributed by atoms with Crippen LogP contribution in [0.5, 0.6) is 0 Å². The predicted octanol–water partition coefficient (Wildman–Crippen LogP) is 6.13. The van der Waals surface area contributed by atoms with Crippen LogP contribution in [0, 0.1) is 0 Å². The summed E-state index contributed by atoms with van der Waals surface area (Å²) >= 11 is 23.9. The molecule has 1 N–H and O–H groups in total. The van der Waals surface area contributed by atoms with Crippen LogP contribution in [0.3, 0.4) is 0 Å². The fourth-order valence-electron chi connectivity index (χ4n) is 2.72. The molecule has 0 atom stereocenters. The minimum Gasteiger partial charge on any atom is -0.325 e. The molecule has 0 aromatic heterocycles. The van der Waals surface area contributed by atoms with Gasteiger partial charge in [-0.15, -0.1) is 0 Å². The largest absolute Gasteiger partial charge is 0.325 e. The lowest BCUT2D eigenvalue weighted by Crippen LogP contribution is -2.37. The summed E-state index contributed by atoms with van der Waals surface area (Å²) in [6.07, 6.45) is 0. The van der Waals surface area contributed by atoms with E-state index in [0.29, 0.717) is 31.3 Å². The van der Waals surface area contributed by atoms with Gasteiger partial charge in [0.05, 0.1) is 11.4 Å². The third-order valence-corrected chi connectivity index (χ3v) is 7.16. The van der Waals surface area contributed by atoms with Gasteiger partial charge in [0.15, 0.2) is 0 Å². The molecule has 0 aliphatic rings. The van der Waals surface area contributed by atoms with Crippen molar-refractivity contribution in [2.45, 2.75) is 11.4 Å². The summed E-state index contributed by atoms with van der Waals surface area (Å²) in [5.74, 6) is -0.523. The second-order valence-electron chi connectivity index (χ2n) is 6.52. The minimum atomic E-state index is -4.04. The number of rotatable bonds is 7. The van der Waals surface area contributed by atoms with Crippen LogP contribution < -0.4 is 5.32 Å². The van der Waals surface area contributed by atoms with Gasteiger partial charge in [-0.25, -0.2) is 8.42 Å². The topological polar surface area (TPSA) is 66.5 Å². The molecule has 0 saturated heterocycles. The van der Waals surface area contributed by atoms with E-state index in [2.05, 4.69) is 5.32 Å². The zero-order valence-corrected chi connectivity index (χ0v) is 19.7. The fraction of sp³-hybridized carbons (Fsp3) is 0.0952. The number of nitrogens with one attached hydrogen (secondary N) is 1. The van der Waals surface area contributed by atoms with Gasteiger partial charge in [-0.3, -0.25) is 4.79 Å². The molecule has 0 heterocycles. The van der Waals surface area contributed by atoms with E-state index in [-0.39, 0.29) is 11.4 Å². The van der Waals surface area contributed by atoms with E-state index in [4.69, 9.17) is 46.4 Å². The van der Waals surface area contributed by atoms with E-state index in [9.17, 15) is 13.2 Å². The standard InChI is InChI=1S/C21H16Cl4N2O3S/c22-15-3-7-18(8-4-15)26-21(28)13-27(12-14-1-2-17(24)11-20(14)25)31(29,30)19-9-5-16(23)6-10-19/h1-11H,12-13H2,(H,26,28). The molecule has 0 spiro atoms. The highest BCUT2D eigenvalue weighted by molar-refractivity contribution is 7.89. The monoisotopic (exact) mass is 516 g/mol. The quantitative estimate of drug-likeness (QED) is 0.410. The van der Waals surface area contributed by atoms with Crippen molar-refractivity contribution in [3.05, 3.63) is 92.4 Å². The lowest BCUT2D eigenvalue weighted by molar-refractivity contribution is -0.116. The van der Waals surface area contributed by atoms with E-state index < -0.39 is 22.5 Å². The Labute approximate surface area is 200 Å². The molecule has 0 bridgehead atoms. The van der Waals surface area contributed by atoms with Crippen molar-refractivity contribution in [2.75, 3.05) is 11.9 Å². The zero-order chi connectivity index (χ0) is 22.6. The first kappa shape index (κ1) is 23.9. The maximum Gasteiger partial charge on any atom is 0.243 e. The number of amides is 1. The summed E-state index contributed by atoms with van der Waals surface area (Å²) in [5.41, 5.74) is 0.991. The first-order valence-electron chi connectivity index (χ1n) is 8.90. The second-order valence-corrected chi connectivity index (χ2v) is 10.2. The van der Waals surface area contributed by atoms with Crippen molar-refractivity contribution in [1.82, 2.24) is 4.31 Å². The lowest BCUT2D eigenvalue weighted by atomic mass is 10.2. The van der Waals surface area contributed by atoms with Crippen molar-refractivity contribution >= 4 is 68.0 Å². The van der Waals surface area contributed by atoms with Crippen molar-refractivity contribution in [3.63, 3.8) is 0 Å². The van der Waals surface area contributed by atoms with Gasteiger partial charge in [0.25, 0.3) is 0 Å². The van der Waals surface area contributed by atoms with Crippen LogP contribution in [0.15, 0.2) is 71.6 Å². The van der Waals surface area contributed by atoms with E-state index >= 15 is 0 Å². The van der Waals surface area contributed by atoms with Gasteiger partial charge in [0, 0.05) is 32.3 Å². The van der Waals surface area contributed by atoms with E-state index in [1.807, 2.05) is 0 Å². The number of carbonyl (C=O) groups is 1.